The average Bonchev–Trinajstić information content (AvgIpc) is 2.47. The summed E-state index contributed by atoms with van der Waals surface area (Å²) in [6, 6.07) is 9.42. The number of anilines is 1. The van der Waals surface area contributed by atoms with Gasteiger partial charge in [-0.15, -0.1) is 0 Å². The Morgan fingerprint density at radius 3 is 2.30 bits per heavy atom. The van der Waals surface area contributed by atoms with E-state index in [2.05, 4.69) is 0 Å². The van der Waals surface area contributed by atoms with Crippen LogP contribution in [0.25, 0.3) is 0 Å². The zero-order chi connectivity index (χ0) is 17.2. The minimum atomic E-state index is -4.12. The van der Waals surface area contributed by atoms with Crippen LogP contribution >= 0.6 is 0 Å². The van der Waals surface area contributed by atoms with Gasteiger partial charge in [0.2, 0.25) is 0 Å². The predicted octanol–water partition coefficient (Wildman–Crippen LogP) is 2.72. The van der Waals surface area contributed by atoms with E-state index in [-0.39, 0.29) is 10.6 Å². The lowest BCUT2D eigenvalue weighted by atomic mass is 10.1. The van der Waals surface area contributed by atoms with E-state index in [4.69, 9.17) is 5.11 Å². The number of carbonyl (C=O) groups is 1. The van der Waals surface area contributed by atoms with E-state index >= 15 is 0 Å². The molecule has 1 N–H and O–H groups in total. The summed E-state index contributed by atoms with van der Waals surface area (Å²) in [7, 11) is -4.12. The summed E-state index contributed by atoms with van der Waals surface area (Å²) < 4.78 is 39.4. The third-order valence-corrected chi connectivity index (χ3v) is 5.09. The van der Waals surface area contributed by atoms with Crippen molar-refractivity contribution in [3.8, 4) is 0 Å². The van der Waals surface area contributed by atoms with Crippen LogP contribution in [0.3, 0.4) is 0 Å². The van der Waals surface area contributed by atoms with Crippen LogP contribution in [0.1, 0.15) is 11.1 Å². The van der Waals surface area contributed by atoms with Gasteiger partial charge in [0, 0.05) is 0 Å². The van der Waals surface area contributed by atoms with Crippen LogP contribution in [0.5, 0.6) is 0 Å². The van der Waals surface area contributed by atoms with Crippen LogP contribution < -0.4 is 4.31 Å². The topological polar surface area (TPSA) is 74.7 Å². The van der Waals surface area contributed by atoms with E-state index in [1.807, 2.05) is 6.07 Å². The van der Waals surface area contributed by atoms with Gasteiger partial charge >= 0.3 is 5.97 Å². The molecule has 0 heterocycles. The van der Waals surface area contributed by atoms with E-state index in [1.54, 1.807) is 26.0 Å². The highest BCUT2D eigenvalue weighted by Gasteiger charge is 2.28. The Morgan fingerprint density at radius 1 is 1.13 bits per heavy atom. The summed E-state index contributed by atoms with van der Waals surface area (Å²) >= 11 is 0. The summed E-state index contributed by atoms with van der Waals surface area (Å²) in [4.78, 5) is 11.0. The fraction of sp³-hybridized carbons (Fsp3) is 0.188. The van der Waals surface area contributed by atoms with Crippen LogP contribution in [0.15, 0.2) is 47.4 Å². The van der Waals surface area contributed by atoms with Crippen molar-refractivity contribution in [2.45, 2.75) is 18.7 Å². The van der Waals surface area contributed by atoms with E-state index in [9.17, 15) is 17.6 Å². The van der Waals surface area contributed by atoms with Crippen molar-refractivity contribution in [2.75, 3.05) is 10.8 Å². The lowest BCUT2D eigenvalue weighted by molar-refractivity contribution is -0.135. The maximum Gasteiger partial charge on any atom is 0.324 e. The highest BCUT2D eigenvalue weighted by molar-refractivity contribution is 7.92. The van der Waals surface area contributed by atoms with Gasteiger partial charge in [0.1, 0.15) is 12.4 Å². The summed E-state index contributed by atoms with van der Waals surface area (Å²) in [5.41, 5.74) is 1.72. The summed E-state index contributed by atoms with van der Waals surface area (Å²) in [5.74, 6) is -1.85. The molecule has 122 valence electrons. The molecule has 0 saturated carbocycles. The number of hydrogen-bond donors (Lipinski definition) is 1. The molecule has 0 bridgehead atoms. The van der Waals surface area contributed by atoms with Gasteiger partial charge in [0.25, 0.3) is 10.0 Å². The Kier molecular flexibility index (Phi) is 4.70. The number of carboxylic acid groups (broad SMARTS) is 1. The van der Waals surface area contributed by atoms with Crippen molar-refractivity contribution in [1.82, 2.24) is 0 Å². The lowest BCUT2D eigenvalue weighted by Gasteiger charge is -2.24. The van der Waals surface area contributed by atoms with Crippen molar-refractivity contribution in [3.63, 3.8) is 0 Å². The number of aliphatic carboxylic acids is 1. The van der Waals surface area contributed by atoms with Gasteiger partial charge < -0.3 is 5.11 Å². The standard InChI is InChI=1S/C16H16FNO4S/c1-11-3-4-12(2)15(9-11)18(10-16(19)20)23(21,22)14-7-5-13(17)6-8-14/h3-9H,10H2,1-2H3,(H,19,20). The summed E-state index contributed by atoms with van der Waals surface area (Å²) in [6.07, 6.45) is 0. The molecule has 0 aliphatic rings. The molecule has 23 heavy (non-hydrogen) atoms. The number of carboxylic acids is 1. The molecule has 0 aliphatic carbocycles. The highest BCUT2D eigenvalue weighted by Crippen LogP contribution is 2.27. The third kappa shape index (κ3) is 3.68. The second-order valence-electron chi connectivity index (χ2n) is 5.15. The first-order chi connectivity index (χ1) is 10.7. The fourth-order valence-electron chi connectivity index (χ4n) is 2.14. The van der Waals surface area contributed by atoms with Crippen molar-refractivity contribution >= 4 is 21.7 Å². The predicted molar refractivity (Wildman–Crippen MR) is 84.5 cm³/mol. The first-order valence-electron chi connectivity index (χ1n) is 6.79. The highest BCUT2D eigenvalue weighted by atomic mass is 32.2. The second-order valence-corrected chi connectivity index (χ2v) is 7.01. The number of rotatable bonds is 5. The lowest BCUT2D eigenvalue weighted by Crippen LogP contribution is -2.36. The molecule has 2 rings (SSSR count). The van der Waals surface area contributed by atoms with E-state index < -0.39 is 28.4 Å². The van der Waals surface area contributed by atoms with Gasteiger partial charge in [-0.05, 0) is 55.3 Å². The molecule has 0 saturated heterocycles. The van der Waals surface area contributed by atoms with Gasteiger partial charge in [0.15, 0.2) is 0 Å². The van der Waals surface area contributed by atoms with Crippen molar-refractivity contribution in [2.24, 2.45) is 0 Å². The minimum absolute atomic E-state index is 0.166. The second kappa shape index (κ2) is 6.37. The molecule has 2 aromatic rings. The van der Waals surface area contributed by atoms with E-state index in [1.165, 1.54) is 0 Å². The molecule has 0 radical (unpaired) electrons. The Bertz CT molecular complexity index is 832. The molecule has 0 amide bonds. The normalized spacial score (nSPS) is 11.3. The SMILES string of the molecule is Cc1ccc(C)c(N(CC(=O)O)S(=O)(=O)c2ccc(F)cc2)c1. The minimum Gasteiger partial charge on any atom is -0.480 e. The largest absolute Gasteiger partial charge is 0.480 e. The Labute approximate surface area is 134 Å². The molecule has 0 fully saturated rings. The van der Waals surface area contributed by atoms with Gasteiger partial charge in [-0.1, -0.05) is 12.1 Å². The number of benzene rings is 2. The number of sulfonamides is 1. The van der Waals surface area contributed by atoms with Gasteiger partial charge in [-0.25, -0.2) is 12.8 Å². The first kappa shape index (κ1) is 17.0. The van der Waals surface area contributed by atoms with Crippen LogP contribution in [0, 0.1) is 19.7 Å². The Morgan fingerprint density at radius 2 is 1.74 bits per heavy atom. The molecule has 0 spiro atoms. The average molecular weight is 337 g/mol. The molecule has 0 atom stereocenters. The maximum atomic E-state index is 13.0. The molecule has 7 heteroatoms. The zero-order valence-corrected chi connectivity index (χ0v) is 13.5. The van der Waals surface area contributed by atoms with Gasteiger partial charge in [0.05, 0.1) is 10.6 Å². The number of hydrogen-bond acceptors (Lipinski definition) is 3. The summed E-state index contributed by atoms with van der Waals surface area (Å²) in [5, 5.41) is 9.09. The molecule has 0 unspecified atom stereocenters. The van der Waals surface area contributed by atoms with Crippen LogP contribution in [-0.2, 0) is 14.8 Å². The Balaban J connectivity index is 2.60. The quantitative estimate of drug-likeness (QED) is 0.910. The van der Waals surface area contributed by atoms with Crippen molar-refractivity contribution in [1.29, 1.82) is 0 Å². The number of aryl methyl sites for hydroxylation is 2. The molecular formula is C16H16FNO4S. The fourth-order valence-corrected chi connectivity index (χ4v) is 3.61. The number of nitrogens with zero attached hydrogens (tertiary/aromatic N) is 1. The van der Waals surface area contributed by atoms with Gasteiger partial charge in [-0.3, -0.25) is 9.10 Å². The summed E-state index contributed by atoms with van der Waals surface area (Å²) in [6.45, 7) is 2.76. The smallest absolute Gasteiger partial charge is 0.324 e. The van der Waals surface area contributed by atoms with Crippen molar-refractivity contribution in [3.05, 3.63) is 59.4 Å². The zero-order valence-electron chi connectivity index (χ0n) is 12.7. The van der Waals surface area contributed by atoms with E-state index in [0.717, 1.165) is 34.1 Å². The van der Waals surface area contributed by atoms with Crippen LogP contribution in [0.2, 0.25) is 0 Å². The third-order valence-electron chi connectivity index (χ3n) is 3.31. The number of halogens is 1. The van der Waals surface area contributed by atoms with Crippen LogP contribution in [-0.4, -0.2) is 26.0 Å². The van der Waals surface area contributed by atoms with Crippen LogP contribution in [0.4, 0.5) is 10.1 Å². The van der Waals surface area contributed by atoms with Gasteiger partial charge in [-0.2, -0.15) is 0 Å². The molecule has 0 aliphatic heterocycles. The first-order valence-corrected chi connectivity index (χ1v) is 8.23. The molecule has 2 aromatic carbocycles. The maximum absolute atomic E-state index is 13.0. The van der Waals surface area contributed by atoms with Crippen molar-refractivity contribution < 1.29 is 22.7 Å². The monoisotopic (exact) mass is 337 g/mol. The molecule has 0 aromatic heterocycles. The van der Waals surface area contributed by atoms with E-state index in [0.29, 0.717) is 5.56 Å². The molecule has 5 nitrogen and oxygen atoms in total. The molecular weight excluding hydrogens is 321 g/mol. The Hall–Kier alpha value is -2.41.